The first-order chi connectivity index (χ1) is 12.0. The number of likely N-dealkylation sites (tertiary alicyclic amines) is 1. The number of carbonyl (C=O) groups excluding carboxylic acids is 2. The molecule has 134 valence electrons. The molecule has 2 aromatic rings. The van der Waals surface area contributed by atoms with Gasteiger partial charge in [-0.2, -0.15) is 0 Å². The van der Waals surface area contributed by atoms with Crippen molar-refractivity contribution in [3.63, 3.8) is 0 Å². The monoisotopic (exact) mass is 360 g/mol. The summed E-state index contributed by atoms with van der Waals surface area (Å²) in [6.45, 7) is 4.78. The van der Waals surface area contributed by atoms with E-state index in [1.165, 1.54) is 0 Å². The molecule has 3 heterocycles. The zero-order valence-electron chi connectivity index (χ0n) is 14.9. The van der Waals surface area contributed by atoms with Gasteiger partial charge in [0.05, 0.1) is 23.3 Å². The maximum absolute atomic E-state index is 12.5. The molecule has 0 spiro atoms. The third-order valence-corrected chi connectivity index (χ3v) is 5.56. The van der Waals surface area contributed by atoms with Crippen LogP contribution in [0, 0.1) is 6.92 Å². The van der Waals surface area contributed by atoms with Crippen LogP contribution in [0.5, 0.6) is 0 Å². The van der Waals surface area contributed by atoms with Gasteiger partial charge in [-0.3, -0.25) is 9.59 Å². The Bertz CT molecular complexity index is 780. The van der Waals surface area contributed by atoms with Crippen molar-refractivity contribution in [2.24, 2.45) is 7.05 Å². The Morgan fingerprint density at radius 3 is 2.84 bits per heavy atom. The second kappa shape index (κ2) is 7.39. The maximum atomic E-state index is 12.5. The molecule has 25 heavy (non-hydrogen) atoms. The van der Waals surface area contributed by atoms with Gasteiger partial charge < -0.3 is 14.8 Å². The quantitative estimate of drug-likeness (QED) is 0.912. The van der Waals surface area contributed by atoms with Crippen LogP contribution in [-0.4, -0.2) is 32.8 Å². The smallest absolute Gasteiger partial charge is 0.268 e. The van der Waals surface area contributed by atoms with Gasteiger partial charge in [-0.15, -0.1) is 11.3 Å². The molecule has 0 aliphatic carbocycles. The minimum absolute atomic E-state index is 0.0546. The number of amides is 2. The summed E-state index contributed by atoms with van der Waals surface area (Å²) in [5.74, 6) is -0.0274. The molecule has 2 amide bonds. The third-order valence-electron chi connectivity index (χ3n) is 4.74. The van der Waals surface area contributed by atoms with E-state index in [-0.39, 0.29) is 17.9 Å². The molecule has 1 unspecified atom stereocenters. The molecule has 1 fully saturated rings. The summed E-state index contributed by atoms with van der Waals surface area (Å²) in [6.07, 6.45) is 3.09. The lowest BCUT2D eigenvalue weighted by Crippen LogP contribution is -2.38. The van der Waals surface area contributed by atoms with Gasteiger partial charge in [0, 0.05) is 31.6 Å². The van der Waals surface area contributed by atoms with Crippen LogP contribution < -0.4 is 5.32 Å². The van der Waals surface area contributed by atoms with Gasteiger partial charge in [0.15, 0.2) is 0 Å². The van der Waals surface area contributed by atoms with E-state index in [1.807, 2.05) is 41.0 Å². The van der Waals surface area contributed by atoms with Crippen LogP contribution >= 0.6 is 11.3 Å². The molecule has 3 rings (SSSR count). The lowest BCUT2D eigenvalue weighted by molar-refractivity contribution is -0.132. The Morgan fingerprint density at radius 1 is 1.36 bits per heavy atom. The molecular weight excluding hydrogens is 336 g/mol. The molecule has 2 aromatic heterocycles. The average molecular weight is 360 g/mol. The molecule has 0 radical (unpaired) electrons. The van der Waals surface area contributed by atoms with Crippen molar-refractivity contribution in [2.45, 2.75) is 45.7 Å². The number of hydrogen-bond acceptors (Lipinski definition) is 4. The van der Waals surface area contributed by atoms with E-state index in [4.69, 9.17) is 0 Å². The topological polar surface area (TPSA) is 67.2 Å². The molecule has 1 aliphatic heterocycles. The molecule has 1 N–H and O–H groups in total. The van der Waals surface area contributed by atoms with Crippen LogP contribution in [0.4, 0.5) is 0 Å². The largest absolute Gasteiger partial charge is 0.345 e. The van der Waals surface area contributed by atoms with Crippen molar-refractivity contribution in [1.82, 2.24) is 19.8 Å². The Morgan fingerprint density at radius 2 is 2.16 bits per heavy atom. The van der Waals surface area contributed by atoms with Gasteiger partial charge in [-0.1, -0.05) is 0 Å². The fraction of sp³-hybridized carbons (Fsp3) is 0.500. The number of aromatic nitrogens is 2. The second-order valence-corrected chi connectivity index (χ2v) is 7.53. The van der Waals surface area contributed by atoms with Gasteiger partial charge in [0.1, 0.15) is 5.69 Å². The number of piperidine rings is 1. The first-order valence-electron chi connectivity index (χ1n) is 8.59. The highest BCUT2D eigenvalue weighted by atomic mass is 32.1. The lowest BCUT2D eigenvalue weighted by Gasteiger charge is -2.35. The molecule has 7 heteroatoms. The lowest BCUT2D eigenvalue weighted by atomic mass is 9.99. The average Bonchev–Trinajstić information content (AvgIpc) is 3.18. The summed E-state index contributed by atoms with van der Waals surface area (Å²) in [7, 11) is 1.89. The number of nitrogens with one attached hydrogen (secondary N) is 1. The molecule has 0 bridgehead atoms. The standard InChI is InChI=1S/C18H24N4O2S/c1-12-20-14(11-25-12)10-19-18(24)17-8-7-15(21(17)3)16-6-4-5-9-22(16)13(2)23/h7-8,11,16H,4-6,9-10H2,1-3H3,(H,19,24). The van der Waals surface area contributed by atoms with Gasteiger partial charge in [-0.25, -0.2) is 4.98 Å². The number of carbonyl (C=O) groups is 2. The number of thiazole rings is 1. The Kier molecular flexibility index (Phi) is 5.22. The predicted octanol–water partition coefficient (Wildman–Crippen LogP) is 2.79. The summed E-state index contributed by atoms with van der Waals surface area (Å²) >= 11 is 1.58. The van der Waals surface area contributed by atoms with Crippen LogP contribution in [0.1, 0.15) is 59.1 Å². The predicted molar refractivity (Wildman–Crippen MR) is 97.4 cm³/mol. The highest BCUT2D eigenvalue weighted by Crippen LogP contribution is 2.31. The van der Waals surface area contributed by atoms with Crippen LogP contribution in [0.15, 0.2) is 17.5 Å². The van der Waals surface area contributed by atoms with Crippen molar-refractivity contribution in [1.29, 1.82) is 0 Å². The van der Waals surface area contributed by atoms with Crippen LogP contribution in [0.25, 0.3) is 0 Å². The third kappa shape index (κ3) is 3.76. The Balaban J connectivity index is 1.73. The van der Waals surface area contributed by atoms with E-state index in [1.54, 1.807) is 18.3 Å². The van der Waals surface area contributed by atoms with E-state index in [0.717, 1.165) is 42.2 Å². The minimum Gasteiger partial charge on any atom is -0.345 e. The first kappa shape index (κ1) is 17.7. The second-order valence-electron chi connectivity index (χ2n) is 6.47. The molecule has 1 aliphatic rings. The van der Waals surface area contributed by atoms with Crippen molar-refractivity contribution >= 4 is 23.2 Å². The highest BCUT2D eigenvalue weighted by molar-refractivity contribution is 7.09. The number of aryl methyl sites for hydroxylation is 1. The molecule has 0 saturated carbocycles. The highest BCUT2D eigenvalue weighted by Gasteiger charge is 2.28. The van der Waals surface area contributed by atoms with E-state index < -0.39 is 0 Å². The first-order valence-corrected chi connectivity index (χ1v) is 9.47. The molecule has 1 atom stereocenters. The fourth-order valence-corrected chi connectivity index (χ4v) is 4.07. The molecule has 6 nitrogen and oxygen atoms in total. The van der Waals surface area contributed by atoms with Crippen molar-refractivity contribution in [3.05, 3.63) is 39.6 Å². The Hall–Kier alpha value is -2.15. The van der Waals surface area contributed by atoms with Gasteiger partial charge in [0.25, 0.3) is 5.91 Å². The van der Waals surface area contributed by atoms with Gasteiger partial charge >= 0.3 is 0 Å². The van der Waals surface area contributed by atoms with E-state index in [2.05, 4.69) is 10.3 Å². The zero-order valence-corrected chi connectivity index (χ0v) is 15.7. The summed E-state index contributed by atoms with van der Waals surface area (Å²) in [5, 5.41) is 5.87. The summed E-state index contributed by atoms with van der Waals surface area (Å²) < 4.78 is 1.91. The SMILES string of the molecule is CC(=O)N1CCCCC1c1ccc(C(=O)NCc2csc(C)n2)n1C. The van der Waals surface area contributed by atoms with Crippen LogP contribution in [0.3, 0.4) is 0 Å². The van der Waals surface area contributed by atoms with Crippen molar-refractivity contribution in [3.8, 4) is 0 Å². The van der Waals surface area contributed by atoms with E-state index >= 15 is 0 Å². The zero-order chi connectivity index (χ0) is 18.0. The van der Waals surface area contributed by atoms with Gasteiger partial charge in [0.2, 0.25) is 5.91 Å². The summed E-state index contributed by atoms with van der Waals surface area (Å²) in [5.41, 5.74) is 2.50. The normalized spacial score (nSPS) is 17.6. The molecule has 1 saturated heterocycles. The van der Waals surface area contributed by atoms with Gasteiger partial charge in [-0.05, 0) is 38.3 Å². The number of hydrogen-bond donors (Lipinski definition) is 1. The Labute approximate surface area is 151 Å². The maximum Gasteiger partial charge on any atom is 0.268 e. The molecular formula is C18H24N4O2S. The van der Waals surface area contributed by atoms with Crippen molar-refractivity contribution in [2.75, 3.05) is 6.54 Å². The fourth-order valence-electron chi connectivity index (χ4n) is 3.46. The number of rotatable bonds is 4. The number of nitrogens with zero attached hydrogens (tertiary/aromatic N) is 3. The minimum atomic E-state index is -0.121. The van der Waals surface area contributed by atoms with E-state index in [0.29, 0.717) is 12.2 Å². The van der Waals surface area contributed by atoms with E-state index in [9.17, 15) is 9.59 Å². The van der Waals surface area contributed by atoms with Crippen LogP contribution in [0.2, 0.25) is 0 Å². The summed E-state index contributed by atoms with van der Waals surface area (Å²) in [4.78, 5) is 30.7. The molecule has 0 aromatic carbocycles. The van der Waals surface area contributed by atoms with Crippen molar-refractivity contribution < 1.29 is 9.59 Å². The van der Waals surface area contributed by atoms with Crippen LogP contribution in [-0.2, 0) is 18.4 Å². The summed E-state index contributed by atoms with van der Waals surface area (Å²) in [6, 6.07) is 3.86.